The van der Waals surface area contributed by atoms with Crippen molar-refractivity contribution in [2.45, 2.75) is 13.3 Å². The number of methoxy groups -OCH3 is 1. The molecule has 18 heavy (non-hydrogen) atoms. The standard InChI is InChI=1S/C14H15NO3/c1-3-11-8-10(9-15-11)14(16)18-13-6-4-12(17-2)5-7-13/h4-9,15H,3H2,1-2H3. The summed E-state index contributed by atoms with van der Waals surface area (Å²) in [7, 11) is 1.59. The van der Waals surface area contributed by atoms with Crippen LogP contribution in [0.2, 0.25) is 0 Å². The number of rotatable bonds is 4. The highest BCUT2D eigenvalue weighted by atomic mass is 16.5. The predicted octanol–water partition coefficient (Wildman–Crippen LogP) is 2.80. The van der Waals surface area contributed by atoms with Gasteiger partial charge in [-0.25, -0.2) is 4.79 Å². The number of hydrogen-bond donors (Lipinski definition) is 1. The number of H-pyrrole nitrogens is 1. The second-order valence-electron chi connectivity index (χ2n) is 3.83. The molecule has 1 aromatic heterocycles. The molecule has 4 heteroatoms. The molecule has 1 heterocycles. The van der Waals surface area contributed by atoms with Gasteiger partial charge in [0.25, 0.3) is 0 Å². The van der Waals surface area contributed by atoms with Crippen molar-refractivity contribution in [3.05, 3.63) is 47.8 Å². The topological polar surface area (TPSA) is 51.3 Å². The largest absolute Gasteiger partial charge is 0.497 e. The monoisotopic (exact) mass is 245 g/mol. The lowest BCUT2D eigenvalue weighted by Crippen LogP contribution is -2.07. The number of nitrogens with one attached hydrogen (secondary N) is 1. The molecular formula is C14H15NO3. The molecule has 0 fully saturated rings. The molecule has 0 saturated carbocycles. The summed E-state index contributed by atoms with van der Waals surface area (Å²) in [6, 6.07) is 8.69. The Morgan fingerprint density at radius 1 is 1.22 bits per heavy atom. The van der Waals surface area contributed by atoms with Crippen LogP contribution in [0.4, 0.5) is 0 Å². The van der Waals surface area contributed by atoms with E-state index >= 15 is 0 Å². The predicted molar refractivity (Wildman–Crippen MR) is 68.1 cm³/mol. The first-order chi connectivity index (χ1) is 8.72. The molecule has 0 saturated heterocycles. The van der Waals surface area contributed by atoms with E-state index in [1.165, 1.54) is 0 Å². The molecule has 94 valence electrons. The highest BCUT2D eigenvalue weighted by Crippen LogP contribution is 2.18. The number of esters is 1. The van der Waals surface area contributed by atoms with Gasteiger partial charge in [-0.05, 0) is 36.8 Å². The number of aromatic amines is 1. The quantitative estimate of drug-likeness (QED) is 0.665. The fraction of sp³-hybridized carbons (Fsp3) is 0.214. The van der Waals surface area contributed by atoms with Gasteiger partial charge in [0.1, 0.15) is 11.5 Å². The SMILES string of the molecule is CCc1cc(C(=O)Oc2ccc(OC)cc2)c[nH]1. The van der Waals surface area contributed by atoms with E-state index in [0.29, 0.717) is 11.3 Å². The van der Waals surface area contributed by atoms with Crippen molar-refractivity contribution >= 4 is 5.97 Å². The van der Waals surface area contributed by atoms with Gasteiger partial charge >= 0.3 is 5.97 Å². The zero-order chi connectivity index (χ0) is 13.0. The second kappa shape index (κ2) is 5.40. The zero-order valence-corrected chi connectivity index (χ0v) is 10.4. The highest BCUT2D eigenvalue weighted by molar-refractivity contribution is 5.91. The van der Waals surface area contributed by atoms with Gasteiger partial charge in [0.2, 0.25) is 0 Å². The van der Waals surface area contributed by atoms with E-state index in [1.54, 1.807) is 43.6 Å². The van der Waals surface area contributed by atoms with Crippen molar-refractivity contribution in [2.24, 2.45) is 0 Å². The molecule has 0 unspecified atom stereocenters. The summed E-state index contributed by atoms with van der Waals surface area (Å²) >= 11 is 0. The van der Waals surface area contributed by atoms with Gasteiger partial charge in [-0.15, -0.1) is 0 Å². The molecule has 0 aliphatic carbocycles. The summed E-state index contributed by atoms with van der Waals surface area (Å²) < 4.78 is 10.3. The molecule has 0 amide bonds. The van der Waals surface area contributed by atoms with Crippen LogP contribution >= 0.6 is 0 Å². The molecular weight excluding hydrogens is 230 g/mol. The molecule has 2 aromatic rings. The highest BCUT2D eigenvalue weighted by Gasteiger charge is 2.10. The Labute approximate surface area is 106 Å². The Morgan fingerprint density at radius 2 is 1.89 bits per heavy atom. The molecule has 0 aliphatic rings. The smallest absolute Gasteiger partial charge is 0.345 e. The summed E-state index contributed by atoms with van der Waals surface area (Å²) in [5, 5.41) is 0. The van der Waals surface area contributed by atoms with Crippen LogP contribution in [0.15, 0.2) is 36.5 Å². The van der Waals surface area contributed by atoms with Crippen LogP contribution in [0.1, 0.15) is 23.0 Å². The normalized spacial score (nSPS) is 10.1. The first-order valence-electron chi connectivity index (χ1n) is 5.76. The molecule has 0 radical (unpaired) electrons. The molecule has 1 aromatic carbocycles. The van der Waals surface area contributed by atoms with Crippen molar-refractivity contribution in [3.63, 3.8) is 0 Å². The van der Waals surface area contributed by atoms with E-state index in [2.05, 4.69) is 4.98 Å². The summed E-state index contributed by atoms with van der Waals surface area (Å²) in [6.07, 6.45) is 2.51. The molecule has 0 spiro atoms. The number of carbonyl (C=O) groups is 1. The van der Waals surface area contributed by atoms with Gasteiger partial charge in [0.05, 0.1) is 12.7 Å². The van der Waals surface area contributed by atoms with Crippen LogP contribution < -0.4 is 9.47 Å². The average Bonchev–Trinajstić information content (AvgIpc) is 2.88. The molecule has 0 atom stereocenters. The number of ether oxygens (including phenoxy) is 2. The van der Waals surface area contributed by atoms with E-state index in [4.69, 9.17) is 9.47 Å². The van der Waals surface area contributed by atoms with Crippen LogP contribution in [0.3, 0.4) is 0 Å². The van der Waals surface area contributed by atoms with E-state index in [-0.39, 0.29) is 5.97 Å². The lowest BCUT2D eigenvalue weighted by Gasteiger charge is -2.03. The van der Waals surface area contributed by atoms with Gasteiger partial charge in [0.15, 0.2) is 0 Å². The number of carbonyl (C=O) groups excluding carboxylic acids is 1. The second-order valence-corrected chi connectivity index (χ2v) is 3.83. The van der Waals surface area contributed by atoms with Crippen molar-refractivity contribution in [1.29, 1.82) is 0 Å². The van der Waals surface area contributed by atoms with E-state index in [1.807, 2.05) is 6.92 Å². The molecule has 0 aliphatic heterocycles. The average molecular weight is 245 g/mol. The Morgan fingerprint density at radius 3 is 2.44 bits per heavy atom. The zero-order valence-electron chi connectivity index (χ0n) is 10.4. The minimum atomic E-state index is -0.365. The maximum atomic E-state index is 11.8. The van der Waals surface area contributed by atoms with E-state index in [9.17, 15) is 4.79 Å². The Bertz CT molecular complexity index is 528. The van der Waals surface area contributed by atoms with Crippen molar-refractivity contribution in [1.82, 2.24) is 4.98 Å². The molecule has 1 N–H and O–H groups in total. The minimum absolute atomic E-state index is 0.365. The van der Waals surface area contributed by atoms with Crippen LogP contribution in [-0.4, -0.2) is 18.1 Å². The fourth-order valence-electron chi connectivity index (χ4n) is 1.57. The summed E-state index contributed by atoms with van der Waals surface area (Å²) in [6.45, 7) is 2.02. The fourth-order valence-corrected chi connectivity index (χ4v) is 1.57. The number of aromatic nitrogens is 1. The third kappa shape index (κ3) is 2.71. The van der Waals surface area contributed by atoms with Gasteiger partial charge < -0.3 is 14.5 Å². The lowest BCUT2D eigenvalue weighted by molar-refractivity contribution is 0.0735. The van der Waals surface area contributed by atoms with Crippen molar-refractivity contribution < 1.29 is 14.3 Å². The molecule has 0 bridgehead atoms. The minimum Gasteiger partial charge on any atom is -0.497 e. The Hall–Kier alpha value is -2.23. The van der Waals surface area contributed by atoms with Gasteiger partial charge in [0, 0.05) is 11.9 Å². The van der Waals surface area contributed by atoms with Gasteiger partial charge in [-0.3, -0.25) is 0 Å². The third-order valence-electron chi connectivity index (χ3n) is 2.63. The lowest BCUT2D eigenvalue weighted by atomic mass is 10.3. The summed E-state index contributed by atoms with van der Waals surface area (Å²) in [5.41, 5.74) is 1.54. The first-order valence-corrected chi connectivity index (χ1v) is 5.76. The Balaban J connectivity index is 2.06. The van der Waals surface area contributed by atoms with Crippen LogP contribution in [0.25, 0.3) is 0 Å². The van der Waals surface area contributed by atoms with E-state index in [0.717, 1.165) is 17.9 Å². The van der Waals surface area contributed by atoms with Crippen molar-refractivity contribution in [2.75, 3.05) is 7.11 Å². The number of benzene rings is 1. The Kier molecular flexibility index (Phi) is 3.67. The van der Waals surface area contributed by atoms with Gasteiger partial charge in [-0.1, -0.05) is 6.92 Å². The van der Waals surface area contributed by atoms with Crippen LogP contribution in [0.5, 0.6) is 11.5 Å². The molecule has 2 rings (SSSR count). The first kappa shape index (κ1) is 12.2. The third-order valence-corrected chi connectivity index (χ3v) is 2.63. The maximum absolute atomic E-state index is 11.8. The van der Waals surface area contributed by atoms with E-state index < -0.39 is 0 Å². The van der Waals surface area contributed by atoms with Crippen molar-refractivity contribution in [3.8, 4) is 11.5 Å². The number of hydrogen-bond acceptors (Lipinski definition) is 3. The van der Waals surface area contributed by atoms with Crippen LogP contribution in [0, 0.1) is 0 Å². The summed E-state index contributed by atoms with van der Waals surface area (Å²) in [4.78, 5) is 14.8. The van der Waals surface area contributed by atoms with Crippen LogP contribution in [-0.2, 0) is 6.42 Å². The summed E-state index contributed by atoms with van der Waals surface area (Å²) in [5.74, 6) is 0.862. The number of aryl methyl sites for hydroxylation is 1. The molecule has 4 nitrogen and oxygen atoms in total. The van der Waals surface area contributed by atoms with Gasteiger partial charge in [-0.2, -0.15) is 0 Å². The maximum Gasteiger partial charge on any atom is 0.345 e.